The first-order chi connectivity index (χ1) is 14.1. The summed E-state index contributed by atoms with van der Waals surface area (Å²) >= 11 is 0. The van der Waals surface area contributed by atoms with Crippen molar-refractivity contribution in [2.75, 3.05) is 39.3 Å². The number of benzene rings is 1. The Morgan fingerprint density at radius 3 is 2.43 bits per heavy atom. The highest BCUT2D eigenvalue weighted by atomic mass is 32.2. The van der Waals surface area contributed by atoms with E-state index in [2.05, 4.69) is 5.32 Å². The quantitative estimate of drug-likeness (QED) is 0.757. The average Bonchev–Trinajstić information content (AvgIpc) is 2.85. The zero-order valence-corrected chi connectivity index (χ0v) is 18.8. The van der Waals surface area contributed by atoms with Crippen LogP contribution in [0.2, 0.25) is 0 Å². The highest BCUT2D eigenvalue weighted by molar-refractivity contribution is 7.88. The first kappa shape index (κ1) is 22.6. The summed E-state index contributed by atoms with van der Waals surface area (Å²) in [4.78, 5) is 28.7. The van der Waals surface area contributed by atoms with E-state index in [4.69, 9.17) is 0 Å². The summed E-state index contributed by atoms with van der Waals surface area (Å²) in [6, 6.07) is 8.85. The molecule has 30 heavy (non-hydrogen) atoms. The molecule has 166 valence electrons. The third-order valence-electron chi connectivity index (χ3n) is 5.73. The number of sulfonamides is 1. The van der Waals surface area contributed by atoms with Gasteiger partial charge in [0.1, 0.15) is 0 Å². The predicted octanol–water partition coefficient (Wildman–Crippen LogP) is 1.49. The van der Waals surface area contributed by atoms with Crippen molar-refractivity contribution in [2.24, 2.45) is 5.41 Å². The minimum atomic E-state index is -3.59. The van der Waals surface area contributed by atoms with Crippen molar-refractivity contribution >= 4 is 22.0 Å². The second kappa shape index (κ2) is 8.93. The molecule has 0 bridgehead atoms. The van der Waals surface area contributed by atoms with E-state index >= 15 is 0 Å². The molecule has 1 aromatic carbocycles. The highest BCUT2D eigenvalue weighted by Gasteiger charge is 2.48. The van der Waals surface area contributed by atoms with E-state index in [1.807, 2.05) is 39.0 Å². The molecular formula is C21H32N4O4S. The minimum Gasteiger partial charge on any atom is -0.342 e. The fourth-order valence-corrected chi connectivity index (χ4v) is 5.95. The van der Waals surface area contributed by atoms with E-state index in [9.17, 15) is 18.0 Å². The van der Waals surface area contributed by atoms with Crippen molar-refractivity contribution in [1.82, 2.24) is 19.4 Å². The van der Waals surface area contributed by atoms with Crippen LogP contribution in [0.1, 0.15) is 32.8 Å². The average molecular weight is 437 g/mol. The Hall–Kier alpha value is -2.13. The summed E-state index contributed by atoms with van der Waals surface area (Å²) in [6.45, 7) is 7.87. The fourth-order valence-electron chi connectivity index (χ4n) is 4.33. The van der Waals surface area contributed by atoms with Crippen LogP contribution >= 0.6 is 0 Å². The Labute approximate surface area is 179 Å². The van der Waals surface area contributed by atoms with Crippen LogP contribution in [0.4, 0.5) is 4.79 Å². The molecule has 3 amide bonds. The first-order valence-electron chi connectivity index (χ1n) is 10.5. The lowest BCUT2D eigenvalue weighted by Crippen LogP contribution is -2.49. The van der Waals surface area contributed by atoms with Gasteiger partial charge in [0.05, 0.1) is 5.75 Å². The molecule has 1 atom stereocenters. The number of urea groups is 1. The van der Waals surface area contributed by atoms with Gasteiger partial charge in [0.2, 0.25) is 15.9 Å². The second-order valence-electron chi connectivity index (χ2n) is 8.69. The molecule has 1 N–H and O–H groups in total. The van der Waals surface area contributed by atoms with Gasteiger partial charge >= 0.3 is 6.03 Å². The van der Waals surface area contributed by atoms with Crippen LogP contribution in [-0.2, 0) is 20.6 Å². The van der Waals surface area contributed by atoms with Gasteiger partial charge in [-0.3, -0.25) is 4.79 Å². The second-order valence-corrected chi connectivity index (χ2v) is 10.7. The van der Waals surface area contributed by atoms with E-state index in [1.54, 1.807) is 21.9 Å². The van der Waals surface area contributed by atoms with E-state index in [0.717, 1.165) is 5.56 Å². The lowest BCUT2D eigenvalue weighted by Gasteiger charge is -2.33. The lowest BCUT2D eigenvalue weighted by molar-refractivity contribution is -0.127. The van der Waals surface area contributed by atoms with Gasteiger partial charge in [-0.1, -0.05) is 30.3 Å². The third kappa shape index (κ3) is 5.13. The number of rotatable bonds is 5. The van der Waals surface area contributed by atoms with Crippen molar-refractivity contribution in [3.63, 3.8) is 0 Å². The van der Waals surface area contributed by atoms with Crippen molar-refractivity contribution in [3.05, 3.63) is 35.9 Å². The molecule has 1 unspecified atom stereocenters. The predicted molar refractivity (Wildman–Crippen MR) is 115 cm³/mol. The van der Waals surface area contributed by atoms with Crippen LogP contribution in [0.25, 0.3) is 0 Å². The number of carbonyl (C=O) groups excluding carboxylic acids is 2. The Morgan fingerprint density at radius 2 is 1.83 bits per heavy atom. The van der Waals surface area contributed by atoms with Gasteiger partial charge in [0.15, 0.2) is 0 Å². The van der Waals surface area contributed by atoms with Crippen molar-refractivity contribution in [2.45, 2.75) is 39.0 Å². The van der Waals surface area contributed by atoms with Gasteiger partial charge < -0.3 is 15.1 Å². The number of likely N-dealkylation sites (tertiary alicyclic amines) is 1. The Bertz CT molecular complexity index is 874. The standard InChI is InChI=1S/C21H32N4O4S/c1-4-23-14-21(12-19(23)26)15-24(20(27)22-17(2)3)10-11-25(16-21)30(28,29)13-18-8-6-5-7-9-18/h5-9,17H,4,10-16H2,1-3H3,(H,22,27). The topological polar surface area (TPSA) is 90.0 Å². The monoisotopic (exact) mass is 436 g/mol. The summed E-state index contributed by atoms with van der Waals surface area (Å²) in [7, 11) is -3.59. The smallest absolute Gasteiger partial charge is 0.317 e. The van der Waals surface area contributed by atoms with Crippen LogP contribution in [0.5, 0.6) is 0 Å². The van der Waals surface area contributed by atoms with Crippen LogP contribution in [0.3, 0.4) is 0 Å². The van der Waals surface area contributed by atoms with Crippen LogP contribution in [0.15, 0.2) is 30.3 Å². The van der Waals surface area contributed by atoms with Crippen molar-refractivity contribution < 1.29 is 18.0 Å². The number of amides is 3. The molecule has 2 aliphatic heterocycles. The molecule has 1 aromatic rings. The van der Waals surface area contributed by atoms with Gasteiger partial charge in [-0.15, -0.1) is 0 Å². The fraction of sp³-hybridized carbons (Fsp3) is 0.619. The number of carbonyl (C=O) groups is 2. The molecule has 0 saturated carbocycles. The van der Waals surface area contributed by atoms with E-state index in [-0.39, 0.29) is 43.2 Å². The molecule has 2 fully saturated rings. The summed E-state index contributed by atoms with van der Waals surface area (Å²) in [5.41, 5.74) is 0.129. The molecule has 3 rings (SSSR count). The van der Waals surface area contributed by atoms with Crippen molar-refractivity contribution in [1.29, 1.82) is 0 Å². The normalized spacial score (nSPS) is 23.3. The van der Waals surface area contributed by atoms with E-state index in [1.165, 1.54) is 4.31 Å². The molecule has 9 heteroatoms. The summed E-state index contributed by atoms with van der Waals surface area (Å²) in [5.74, 6) is -0.0721. The molecular weight excluding hydrogens is 404 g/mol. The molecule has 1 spiro atoms. The van der Waals surface area contributed by atoms with Crippen LogP contribution in [0, 0.1) is 5.41 Å². The zero-order valence-electron chi connectivity index (χ0n) is 18.0. The lowest BCUT2D eigenvalue weighted by atomic mass is 9.86. The molecule has 8 nitrogen and oxygen atoms in total. The maximum atomic E-state index is 13.2. The van der Waals surface area contributed by atoms with Crippen LogP contribution in [-0.4, -0.2) is 79.8 Å². The van der Waals surface area contributed by atoms with Gasteiger partial charge in [0, 0.05) is 57.1 Å². The Morgan fingerprint density at radius 1 is 1.13 bits per heavy atom. The number of nitrogens with zero attached hydrogens (tertiary/aromatic N) is 3. The molecule has 2 heterocycles. The number of hydrogen-bond acceptors (Lipinski definition) is 4. The van der Waals surface area contributed by atoms with Gasteiger partial charge in [0.25, 0.3) is 0 Å². The molecule has 0 aliphatic carbocycles. The minimum absolute atomic E-state index is 0.0176. The van der Waals surface area contributed by atoms with Crippen molar-refractivity contribution in [3.8, 4) is 0 Å². The van der Waals surface area contributed by atoms with Gasteiger partial charge in [-0.25, -0.2) is 13.2 Å². The number of hydrogen-bond donors (Lipinski definition) is 1. The molecule has 2 saturated heterocycles. The summed E-state index contributed by atoms with van der Waals surface area (Å²) in [5, 5.41) is 2.90. The highest BCUT2D eigenvalue weighted by Crippen LogP contribution is 2.36. The molecule has 0 radical (unpaired) electrons. The largest absolute Gasteiger partial charge is 0.342 e. The molecule has 2 aliphatic rings. The Balaban J connectivity index is 1.87. The zero-order chi connectivity index (χ0) is 21.9. The SMILES string of the molecule is CCN1CC2(CC1=O)CN(C(=O)NC(C)C)CCN(S(=O)(=O)Cc1ccccc1)C2. The number of nitrogens with one attached hydrogen (secondary N) is 1. The first-order valence-corrected chi connectivity index (χ1v) is 12.1. The third-order valence-corrected chi connectivity index (χ3v) is 7.53. The Kier molecular flexibility index (Phi) is 6.71. The van der Waals surface area contributed by atoms with E-state index < -0.39 is 15.4 Å². The van der Waals surface area contributed by atoms with E-state index in [0.29, 0.717) is 26.2 Å². The molecule has 0 aromatic heterocycles. The van der Waals surface area contributed by atoms with Gasteiger partial charge in [-0.2, -0.15) is 4.31 Å². The summed E-state index contributed by atoms with van der Waals surface area (Å²) in [6.07, 6.45) is 0.254. The maximum absolute atomic E-state index is 13.2. The maximum Gasteiger partial charge on any atom is 0.317 e. The van der Waals surface area contributed by atoms with Crippen LogP contribution < -0.4 is 5.32 Å². The summed E-state index contributed by atoms with van der Waals surface area (Å²) < 4.78 is 28.0. The van der Waals surface area contributed by atoms with Gasteiger partial charge in [-0.05, 0) is 26.3 Å².